The lowest BCUT2D eigenvalue weighted by Crippen LogP contribution is -2.46. The van der Waals surface area contributed by atoms with E-state index in [1.165, 1.54) is 5.69 Å². The molecule has 28 heavy (non-hydrogen) atoms. The number of nitrogens with one attached hydrogen (secondary N) is 3. The molecule has 1 aliphatic rings. The third-order valence-electron chi connectivity index (χ3n) is 4.68. The van der Waals surface area contributed by atoms with Crippen molar-refractivity contribution in [2.45, 2.75) is 12.5 Å². The van der Waals surface area contributed by atoms with Gasteiger partial charge in [0.2, 0.25) is 0 Å². The number of amides is 1. The Balaban J connectivity index is 1.38. The predicted molar refractivity (Wildman–Crippen MR) is 118 cm³/mol. The summed E-state index contributed by atoms with van der Waals surface area (Å²) in [7, 11) is 1.76. The second-order valence-corrected chi connectivity index (χ2v) is 7.59. The molecule has 0 bridgehead atoms. The van der Waals surface area contributed by atoms with Gasteiger partial charge in [0, 0.05) is 55.0 Å². The van der Waals surface area contributed by atoms with Crippen LogP contribution < -0.4 is 20.9 Å². The van der Waals surface area contributed by atoms with Crippen molar-refractivity contribution in [2.75, 3.05) is 38.1 Å². The molecule has 6 nitrogen and oxygen atoms in total. The third-order valence-corrected chi connectivity index (χ3v) is 5.21. The fraction of sp³-hybridized carbons (Fsp3) is 0.333. The highest BCUT2D eigenvalue weighted by molar-refractivity contribution is 9.10. The number of para-hydroxylation sites is 1. The van der Waals surface area contributed by atoms with Crippen LogP contribution in [0.15, 0.2) is 64.1 Å². The molecule has 0 aromatic heterocycles. The maximum atomic E-state index is 12.1. The Labute approximate surface area is 174 Å². The molecule has 1 unspecified atom stereocenters. The summed E-state index contributed by atoms with van der Waals surface area (Å²) in [4.78, 5) is 18.8. The molecule has 1 aliphatic heterocycles. The van der Waals surface area contributed by atoms with Crippen LogP contribution in [-0.4, -0.2) is 51.1 Å². The van der Waals surface area contributed by atoms with Gasteiger partial charge < -0.3 is 20.9 Å². The van der Waals surface area contributed by atoms with Crippen LogP contribution in [0.3, 0.4) is 0 Å². The first kappa shape index (κ1) is 20.2. The zero-order chi connectivity index (χ0) is 19.8. The van der Waals surface area contributed by atoms with Gasteiger partial charge in [-0.15, -0.1) is 0 Å². The first-order chi connectivity index (χ1) is 13.7. The lowest BCUT2D eigenvalue weighted by atomic mass is 10.2. The Morgan fingerprint density at radius 2 is 1.82 bits per heavy atom. The highest BCUT2D eigenvalue weighted by atomic mass is 79.9. The van der Waals surface area contributed by atoms with Crippen molar-refractivity contribution in [3.05, 3.63) is 64.6 Å². The molecule has 7 heteroatoms. The minimum Gasteiger partial charge on any atom is -0.369 e. The molecule has 2 aromatic carbocycles. The van der Waals surface area contributed by atoms with Gasteiger partial charge >= 0.3 is 0 Å². The monoisotopic (exact) mass is 443 g/mol. The summed E-state index contributed by atoms with van der Waals surface area (Å²) >= 11 is 3.37. The van der Waals surface area contributed by atoms with E-state index in [2.05, 4.69) is 66.0 Å². The predicted octanol–water partition coefficient (Wildman–Crippen LogP) is 2.62. The van der Waals surface area contributed by atoms with Gasteiger partial charge in [-0.1, -0.05) is 34.1 Å². The molecule has 0 radical (unpaired) electrons. The van der Waals surface area contributed by atoms with E-state index in [4.69, 9.17) is 0 Å². The molecule has 1 atom stereocenters. The van der Waals surface area contributed by atoms with Crippen molar-refractivity contribution < 1.29 is 4.79 Å². The SMILES string of the molecule is CN=C(NCCNC(=O)c1ccc(Br)cc1)NC1CCN(c2ccccc2)C1. The van der Waals surface area contributed by atoms with Crippen LogP contribution in [0, 0.1) is 0 Å². The van der Waals surface area contributed by atoms with Gasteiger partial charge in [-0.3, -0.25) is 9.79 Å². The van der Waals surface area contributed by atoms with E-state index in [0.29, 0.717) is 24.7 Å². The maximum absolute atomic E-state index is 12.1. The first-order valence-electron chi connectivity index (χ1n) is 9.46. The van der Waals surface area contributed by atoms with Crippen LogP contribution in [0.25, 0.3) is 0 Å². The summed E-state index contributed by atoms with van der Waals surface area (Å²) in [6.45, 7) is 3.11. The molecule has 1 saturated heterocycles. The van der Waals surface area contributed by atoms with E-state index in [1.807, 2.05) is 18.2 Å². The van der Waals surface area contributed by atoms with Gasteiger partial charge in [0.05, 0.1) is 0 Å². The Bertz CT molecular complexity index is 794. The van der Waals surface area contributed by atoms with Crippen molar-refractivity contribution in [2.24, 2.45) is 4.99 Å². The quantitative estimate of drug-likeness (QED) is 0.364. The van der Waals surface area contributed by atoms with Crippen LogP contribution >= 0.6 is 15.9 Å². The van der Waals surface area contributed by atoms with Crippen LogP contribution in [0.5, 0.6) is 0 Å². The number of benzene rings is 2. The Kier molecular flexibility index (Phi) is 7.31. The van der Waals surface area contributed by atoms with Crippen molar-refractivity contribution in [1.29, 1.82) is 0 Å². The number of carbonyl (C=O) groups excluding carboxylic acids is 1. The maximum Gasteiger partial charge on any atom is 0.251 e. The zero-order valence-corrected chi connectivity index (χ0v) is 17.6. The topological polar surface area (TPSA) is 68.8 Å². The second kappa shape index (κ2) is 10.1. The zero-order valence-electron chi connectivity index (χ0n) is 16.0. The molecule has 2 aromatic rings. The highest BCUT2D eigenvalue weighted by Crippen LogP contribution is 2.19. The van der Waals surface area contributed by atoms with Gasteiger partial charge in [-0.05, 0) is 42.8 Å². The lowest BCUT2D eigenvalue weighted by molar-refractivity contribution is 0.0954. The van der Waals surface area contributed by atoms with Crippen LogP contribution in [-0.2, 0) is 0 Å². The van der Waals surface area contributed by atoms with Crippen molar-refractivity contribution in [1.82, 2.24) is 16.0 Å². The van der Waals surface area contributed by atoms with E-state index < -0.39 is 0 Å². The van der Waals surface area contributed by atoms with Crippen molar-refractivity contribution in [3.63, 3.8) is 0 Å². The highest BCUT2D eigenvalue weighted by Gasteiger charge is 2.23. The number of halogens is 1. The summed E-state index contributed by atoms with van der Waals surface area (Å²) in [6.07, 6.45) is 1.07. The molecule has 1 amide bonds. The fourth-order valence-corrected chi connectivity index (χ4v) is 3.46. The summed E-state index contributed by atoms with van der Waals surface area (Å²) < 4.78 is 0.957. The van der Waals surface area contributed by atoms with Gasteiger partial charge in [0.25, 0.3) is 5.91 Å². The van der Waals surface area contributed by atoms with Crippen molar-refractivity contribution in [3.8, 4) is 0 Å². The molecule has 0 aliphatic carbocycles. The van der Waals surface area contributed by atoms with Gasteiger partial charge in [0.1, 0.15) is 0 Å². The average molecular weight is 444 g/mol. The number of hydrogen-bond acceptors (Lipinski definition) is 3. The molecule has 0 spiro atoms. The molecule has 1 heterocycles. The van der Waals surface area contributed by atoms with Crippen molar-refractivity contribution >= 4 is 33.5 Å². The molecule has 148 valence electrons. The normalized spacial score (nSPS) is 16.7. The molecule has 3 N–H and O–H groups in total. The summed E-state index contributed by atoms with van der Waals surface area (Å²) in [5.74, 6) is 0.685. The molecule has 0 saturated carbocycles. The largest absolute Gasteiger partial charge is 0.369 e. The fourth-order valence-electron chi connectivity index (χ4n) is 3.20. The number of carbonyl (C=O) groups is 1. The summed E-state index contributed by atoms with van der Waals surface area (Å²) in [6, 6.07) is 18.1. The second-order valence-electron chi connectivity index (χ2n) is 6.67. The molecular weight excluding hydrogens is 418 g/mol. The molecular formula is C21H26BrN5O. The number of guanidine groups is 1. The standard InChI is InChI=1S/C21H26BrN5O/c1-23-21(25-13-12-24-20(28)16-7-9-17(22)10-8-16)26-18-11-14-27(15-18)19-5-3-2-4-6-19/h2-10,18H,11-15H2,1H3,(H,24,28)(H2,23,25,26). The van der Waals surface area contributed by atoms with E-state index in [9.17, 15) is 4.79 Å². The van der Waals surface area contributed by atoms with Gasteiger partial charge in [0.15, 0.2) is 5.96 Å². The van der Waals surface area contributed by atoms with Crippen LogP contribution in [0.2, 0.25) is 0 Å². The summed E-state index contributed by atoms with van der Waals surface area (Å²) in [5.41, 5.74) is 1.91. The van der Waals surface area contributed by atoms with Crippen LogP contribution in [0.1, 0.15) is 16.8 Å². The van der Waals surface area contributed by atoms with Crippen LogP contribution in [0.4, 0.5) is 5.69 Å². The van der Waals surface area contributed by atoms with Gasteiger partial charge in [-0.2, -0.15) is 0 Å². The minimum atomic E-state index is -0.0773. The minimum absolute atomic E-state index is 0.0773. The lowest BCUT2D eigenvalue weighted by Gasteiger charge is -2.20. The number of hydrogen-bond donors (Lipinski definition) is 3. The Morgan fingerprint density at radius 1 is 1.11 bits per heavy atom. The smallest absolute Gasteiger partial charge is 0.251 e. The average Bonchev–Trinajstić information content (AvgIpc) is 3.20. The Hall–Kier alpha value is -2.54. The summed E-state index contributed by atoms with van der Waals surface area (Å²) in [5, 5.41) is 9.65. The number of aliphatic imine (C=N–C) groups is 1. The number of rotatable bonds is 6. The molecule has 1 fully saturated rings. The number of anilines is 1. The van der Waals surface area contributed by atoms with Gasteiger partial charge in [-0.25, -0.2) is 0 Å². The third kappa shape index (κ3) is 5.73. The van der Waals surface area contributed by atoms with E-state index in [-0.39, 0.29) is 5.91 Å². The number of nitrogens with zero attached hydrogens (tertiary/aromatic N) is 2. The van der Waals surface area contributed by atoms with E-state index in [0.717, 1.165) is 29.9 Å². The van der Waals surface area contributed by atoms with E-state index in [1.54, 1.807) is 19.2 Å². The molecule has 3 rings (SSSR count). The Morgan fingerprint density at radius 3 is 2.54 bits per heavy atom. The van der Waals surface area contributed by atoms with E-state index >= 15 is 0 Å². The first-order valence-corrected chi connectivity index (χ1v) is 10.3.